The molecule has 2 aromatic heterocycles. The zero-order chi connectivity index (χ0) is 15.5. The van der Waals surface area contributed by atoms with Crippen LogP contribution in [0.1, 0.15) is 16.3 Å². The second-order valence-corrected chi connectivity index (χ2v) is 4.60. The molecule has 0 atom stereocenters. The molecule has 2 heterocycles. The monoisotopic (exact) mass is 299 g/mol. The maximum atomic E-state index is 12.1. The van der Waals surface area contributed by atoms with Crippen LogP contribution in [-0.2, 0) is 6.54 Å². The number of rotatable bonds is 4. The van der Waals surface area contributed by atoms with Crippen LogP contribution in [0, 0.1) is 0 Å². The van der Waals surface area contributed by atoms with Gasteiger partial charge in [0.2, 0.25) is 0 Å². The predicted octanol–water partition coefficient (Wildman–Crippen LogP) is 2.32. The van der Waals surface area contributed by atoms with Crippen LogP contribution in [0.5, 0.6) is 5.75 Å². The zero-order valence-electron chi connectivity index (χ0n) is 11.8. The fourth-order valence-corrected chi connectivity index (χ4v) is 2.04. The van der Waals surface area contributed by atoms with Crippen LogP contribution in [0.4, 0.5) is 0 Å². The van der Waals surface area contributed by atoms with Crippen molar-refractivity contribution in [3.8, 4) is 5.75 Å². The lowest BCUT2D eigenvalue weighted by Gasteiger charge is -2.05. The summed E-state index contributed by atoms with van der Waals surface area (Å²) in [5.74, 6) is 0.609. The van der Waals surface area contributed by atoms with E-state index >= 15 is 0 Å². The van der Waals surface area contributed by atoms with Gasteiger partial charge < -0.3 is 18.9 Å². The van der Waals surface area contributed by atoms with Crippen LogP contribution in [0.2, 0.25) is 0 Å². The Balaban J connectivity index is 1.89. The van der Waals surface area contributed by atoms with E-state index in [0.717, 1.165) is 0 Å². The maximum Gasteiger partial charge on any atom is 0.287 e. The number of hydrogen-bond donors (Lipinski definition) is 1. The van der Waals surface area contributed by atoms with Crippen molar-refractivity contribution in [1.82, 2.24) is 5.32 Å². The number of carbonyl (C=O) groups is 1. The van der Waals surface area contributed by atoms with Gasteiger partial charge in [0.1, 0.15) is 17.1 Å². The van der Waals surface area contributed by atoms with Crippen LogP contribution in [0.3, 0.4) is 0 Å². The Morgan fingerprint density at radius 3 is 2.86 bits per heavy atom. The van der Waals surface area contributed by atoms with Crippen molar-refractivity contribution in [3.63, 3.8) is 0 Å². The molecule has 6 heteroatoms. The number of ether oxygens (including phenoxy) is 1. The molecular weight excluding hydrogens is 286 g/mol. The molecule has 1 N–H and O–H groups in total. The molecule has 0 saturated carbocycles. The topological polar surface area (TPSA) is 81.7 Å². The first kappa shape index (κ1) is 13.9. The normalized spacial score (nSPS) is 10.6. The third kappa shape index (κ3) is 2.71. The Morgan fingerprint density at radius 2 is 2.14 bits per heavy atom. The van der Waals surface area contributed by atoms with E-state index in [1.807, 2.05) is 0 Å². The van der Waals surface area contributed by atoms with E-state index in [0.29, 0.717) is 22.5 Å². The maximum absolute atomic E-state index is 12.1. The fraction of sp³-hybridized carbons (Fsp3) is 0.125. The highest BCUT2D eigenvalue weighted by Crippen LogP contribution is 2.19. The first-order valence-corrected chi connectivity index (χ1v) is 6.60. The van der Waals surface area contributed by atoms with E-state index in [2.05, 4.69) is 5.32 Å². The second-order valence-electron chi connectivity index (χ2n) is 4.60. The van der Waals surface area contributed by atoms with Gasteiger partial charge in [0.15, 0.2) is 11.2 Å². The summed E-state index contributed by atoms with van der Waals surface area (Å²) in [5, 5.41) is 3.02. The van der Waals surface area contributed by atoms with Crippen molar-refractivity contribution in [3.05, 3.63) is 64.4 Å². The summed E-state index contributed by atoms with van der Waals surface area (Å²) < 4.78 is 15.7. The molecule has 6 nitrogen and oxygen atoms in total. The van der Waals surface area contributed by atoms with Crippen molar-refractivity contribution in [2.45, 2.75) is 6.54 Å². The minimum atomic E-state index is -0.488. The van der Waals surface area contributed by atoms with Gasteiger partial charge in [-0.05, 0) is 24.3 Å². The van der Waals surface area contributed by atoms with Gasteiger partial charge in [-0.1, -0.05) is 0 Å². The summed E-state index contributed by atoms with van der Waals surface area (Å²) in [6.07, 6.45) is 1.52. The SMILES string of the molecule is COc1ccc2c(=O)cc(C(=O)NCc3ccco3)oc2c1. The quantitative estimate of drug-likeness (QED) is 0.799. The van der Waals surface area contributed by atoms with E-state index in [-0.39, 0.29) is 17.7 Å². The van der Waals surface area contributed by atoms with E-state index < -0.39 is 5.91 Å². The molecule has 0 radical (unpaired) electrons. The van der Waals surface area contributed by atoms with Crippen molar-refractivity contribution < 1.29 is 18.4 Å². The molecule has 1 aromatic carbocycles. The highest BCUT2D eigenvalue weighted by molar-refractivity contribution is 5.93. The molecule has 0 unspecified atom stereocenters. The second kappa shape index (κ2) is 5.77. The van der Waals surface area contributed by atoms with Crippen molar-refractivity contribution in [2.24, 2.45) is 0 Å². The zero-order valence-corrected chi connectivity index (χ0v) is 11.8. The summed E-state index contributed by atoms with van der Waals surface area (Å²) in [6, 6.07) is 9.47. The molecule has 0 spiro atoms. The predicted molar refractivity (Wildman–Crippen MR) is 78.9 cm³/mol. The van der Waals surface area contributed by atoms with Gasteiger partial charge in [-0.3, -0.25) is 9.59 Å². The lowest BCUT2D eigenvalue weighted by Crippen LogP contribution is -2.23. The van der Waals surface area contributed by atoms with Crippen LogP contribution < -0.4 is 15.5 Å². The Bertz CT molecular complexity index is 864. The van der Waals surface area contributed by atoms with E-state index in [9.17, 15) is 9.59 Å². The van der Waals surface area contributed by atoms with E-state index in [4.69, 9.17) is 13.6 Å². The minimum Gasteiger partial charge on any atom is -0.497 e. The molecular formula is C16H13NO5. The standard InChI is InChI=1S/C16H13NO5/c1-20-10-4-5-12-13(18)8-15(22-14(12)7-10)16(19)17-9-11-3-2-6-21-11/h2-8H,9H2,1H3,(H,17,19). The molecule has 0 aliphatic carbocycles. The number of fused-ring (bicyclic) bond motifs is 1. The van der Waals surface area contributed by atoms with Crippen molar-refractivity contribution in [2.75, 3.05) is 7.11 Å². The third-order valence-electron chi connectivity index (χ3n) is 3.16. The lowest BCUT2D eigenvalue weighted by atomic mass is 10.2. The summed E-state index contributed by atoms with van der Waals surface area (Å²) in [6.45, 7) is 0.214. The summed E-state index contributed by atoms with van der Waals surface area (Å²) in [4.78, 5) is 24.1. The average molecular weight is 299 g/mol. The highest BCUT2D eigenvalue weighted by atomic mass is 16.5. The van der Waals surface area contributed by atoms with Crippen LogP contribution in [0.15, 0.2) is 56.3 Å². The van der Waals surface area contributed by atoms with Crippen LogP contribution in [-0.4, -0.2) is 13.0 Å². The number of amides is 1. The molecule has 22 heavy (non-hydrogen) atoms. The van der Waals surface area contributed by atoms with Crippen LogP contribution in [0.25, 0.3) is 11.0 Å². The van der Waals surface area contributed by atoms with Gasteiger partial charge in [0.05, 0.1) is 25.3 Å². The number of hydrogen-bond acceptors (Lipinski definition) is 5. The van der Waals surface area contributed by atoms with Gasteiger partial charge in [-0.25, -0.2) is 0 Å². The van der Waals surface area contributed by atoms with E-state index in [1.165, 1.54) is 19.4 Å². The van der Waals surface area contributed by atoms with Crippen molar-refractivity contribution >= 4 is 16.9 Å². The molecule has 0 bridgehead atoms. The Hall–Kier alpha value is -3.02. The molecule has 3 rings (SSSR count). The average Bonchev–Trinajstić information content (AvgIpc) is 3.05. The van der Waals surface area contributed by atoms with Gasteiger partial charge >= 0.3 is 0 Å². The van der Waals surface area contributed by atoms with Crippen molar-refractivity contribution in [1.29, 1.82) is 0 Å². The first-order chi connectivity index (χ1) is 10.7. The molecule has 0 fully saturated rings. The Morgan fingerprint density at radius 1 is 1.27 bits per heavy atom. The number of carbonyl (C=O) groups excluding carboxylic acids is 1. The number of methoxy groups -OCH3 is 1. The molecule has 0 aliphatic heterocycles. The molecule has 112 valence electrons. The van der Waals surface area contributed by atoms with E-state index in [1.54, 1.807) is 30.3 Å². The number of benzene rings is 1. The molecule has 3 aromatic rings. The Kier molecular flexibility index (Phi) is 3.65. The smallest absolute Gasteiger partial charge is 0.287 e. The summed E-state index contributed by atoms with van der Waals surface area (Å²) >= 11 is 0. The highest BCUT2D eigenvalue weighted by Gasteiger charge is 2.13. The lowest BCUT2D eigenvalue weighted by molar-refractivity contribution is 0.0921. The third-order valence-corrected chi connectivity index (χ3v) is 3.16. The minimum absolute atomic E-state index is 0.0580. The summed E-state index contributed by atoms with van der Waals surface area (Å²) in [5.41, 5.74) is 0.0158. The first-order valence-electron chi connectivity index (χ1n) is 6.60. The summed E-state index contributed by atoms with van der Waals surface area (Å²) in [7, 11) is 1.51. The van der Waals surface area contributed by atoms with Gasteiger partial charge in [0, 0.05) is 12.1 Å². The largest absolute Gasteiger partial charge is 0.497 e. The number of nitrogens with one attached hydrogen (secondary N) is 1. The van der Waals surface area contributed by atoms with Crippen LogP contribution >= 0.6 is 0 Å². The van der Waals surface area contributed by atoms with Gasteiger partial charge in [-0.15, -0.1) is 0 Å². The van der Waals surface area contributed by atoms with Gasteiger partial charge in [0.25, 0.3) is 5.91 Å². The fourth-order valence-electron chi connectivity index (χ4n) is 2.04. The number of furan rings is 1. The Labute approximate surface area is 125 Å². The molecule has 1 amide bonds. The molecule has 0 aliphatic rings. The van der Waals surface area contributed by atoms with Gasteiger partial charge in [-0.2, -0.15) is 0 Å². The molecule has 0 saturated heterocycles.